The fourth-order valence-corrected chi connectivity index (χ4v) is 1.66. The van der Waals surface area contributed by atoms with Crippen molar-refractivity contribution in [2.75, 3.05) is 11.5 Å². The van der Waals surface area contributed by atoms with Crippen molar-refractivity contribution in [2.24, 2.45) is 0 Å². The standard InChI is InChI=1S/C8H16O3S/c1-2-3-4-5-12-6-7(9)8(10)11/h7,9H,2-6H2,1H3,(H,10,11). The fraction of sp³-hybridized carbons (Fsp3) is 0.875. The topological polar surface area (TPSA) is 57.5 Å². The molecule has 0 aromatic rings. The third kappa shape index (κ3) is 6.49. The Morgan fingerprint density at radius 3 is 2.67 bits per heavy atom. The van der Waals surface area contributed by atoms with Crippen molar-refractivity contribution >= 4 is 17.7 Å². The van der Waals surface area contributed by atoms with Crippen LogP contribution in [0.4, 0.5) is 0 Å². The summed E-state index contributed by atoms with van der Waals surface area (Å²) in [6.45, 7) is 2.12. The maximum Gasteiger partial charge on any atom is 0.333 e. The average molecular weight is 192 g/mol. The fourth-order valence-electron chi connectivity index (χ4n) is 0.720. The van der Waals surface area contributed by atoms with Crippen LogP contribution < -0.4 is 0 Å². The molecule has 0 radical (unpaired) electrons. The third-order valence-corrected chi connectivity index (χ3v) is 2.58. The average Bonchev–Trinajstić information content (AvgIpc) is 2.03. The zero-order valence-electron chi connectivity index (χ0n) is 7.32. The summed E-state index contributed by atoms with van der Waals surface area (Å²) in [5, 5.41) is 17.2. The molecule has 0 fully saturated rings. The molecule has 0 spiro atoms. The van der Waals surface area contributed by atoms with Gasteiger partial charge in [0.15, 0.2) is 6.10 Å². The summed E-state index contributed by atoms with van der Waals surface area (Å²) in [5.74, 6) is 0.120. The Kier molecular flexibility index (Phi) is 7.29. The van der Waals surface area contributed by atoms with E-state index in [2.05, 4.69) is 6.92 Å². The molecule has 0 aliphatic rings. The van der Waals surface area contributed by atoms with E-state index in [1.165, 1.54) is 24.6 Å². The first-order chi connectivity index (χ1) is 5.68. The molecule has 0 aromatic carbocycles. The predicted molar refractivity (Wildman–Crippen MR) is 50.5 cm³/mol. The Labute approximate surface area is 77.2 Å². The van der Waals surface area contributed by atoms with E-state index in [0.29, 0.717) is 5.75 Å². The van der Waals surface area contributed by atoms with Crippen LogP contribution in [-0.4, -0.2) is 33.8 Å². The minimum Gasteiger partial charge on any atom is -0.479 e. The van der Waals surface area contributed by atoms with Gasteiger partial charge < -0.3 is 10.2 Å². The number of aliphatic carboxylic acids is 1. The van der Waals surface area contributed by atoms with E-state index in [9.17, 15) is 4.79 Å². The van der Waals surface area contributed by atoms with Gasteiger partial charge in [0.25, 0.3) is 0 Å². The van der Waals surface area contributed by atoms with E-state index in [4.69, 9.17) is 10.2 Å². The lowest BCUT2D eigenvalue weighted by Gasteiger charge is -2.03. The van der Waals surface area contributed by atoms with E-state index in [0.717, 1.165) is 12.2 Å². The van der Waals surface area contributed by atoms with Gasteiger partial charge in [-0.15, -0.1) is 0 Å². The molecule has 1 unspecified atom stereocenters. The van der Waals surface area contributed by atoms with Crippen LogP contribution in [-0.2, 0) is 4.79 Å². The highest BCUT2D eigenvalue weighted by Crippen LogP contribution is 2.07. The summed E-state index contributed by atoms with van der Waals surface area (Å²) in [7, 11) is 0. The molecule has 0 bridgehead atoms. The second kappa shape index (κ2) is 7.43. The molecule has 0 amide bonds. The van der Waals surface area contributed by atoms with Crippen LogP contribution in [0.25, 0.3) is 0 Å². The van der Waals surface area contributed by atoms with E-state index in [-0.39, 0.29) is 0 Å². The summed E-state index contributed by atoms with van der Waals surface area (Å²) in [4.78, 5) is 10.2. The molecule has 0 saturated carbocycles. The first-order valence-corrected chi connectivity index (χ1v) is 5.32. The highest BCUT2D eigenvalue weighted by Gasteiger charge is 2.11. The Bertz CT molecular complexity index is 127. The summed E-state index contributed by atoms with van der Waals surface area (Å²) < 4.78 is 0. The molecule has 3 nitrogen and oxygen atoms in total. The van der Waals surface area contributed by atoms with Crippen LogP contribution in [0.15, 0.2) is 0 Å². The third-order valence-electron chi connectivity index (χ3n) is 1.45. The number of carbonyl (C=O) groups is 1. The predicted octanol–water partition coefficient (Wildman–Crippen LogP) is 1.36. The minimum absolute atomic E-state index is 0.305. The van der Waals surface area contributed by atoms with Gasteiger partial charge in [0.05, 0.1) is 0 Å². The first-order valence-electron chi connectivity index (χ1n) is 4.17. The van der Waals surface area contributed by atoms with Gasteiger partial charge >= 0.3 is 5.97 Å². The lowest BCUT2D eigenvalue weighted by atomic mass is 10.3. The van der Waals surface area contributed by atoms with Crippen molar-refractivity contribution in [3.05, 3.63) is 0 Å². The zero-order chi connectivity index (χ0) is 9.40. The number of unbranched alkanes of at least 4 members (excludes halogenated alkanes) is 2. The molecule has 0 rings (SSSR count). The smallest absolute Gasteiger partial charge is 0.333 e. The SMILES string of the molecule is CCCCCSCC(O)C(=O)O. The number of rotatable bonds is 7. The second-order valence-electron chi connectivity index (χ2n) is 2.64. The monoisotopic (exact) mass is 192 g/mol. The van der Waals surface area contributed by atoms with Crippen molar-refractivity contribution in [3.63, 3.8) is 0 Å². The largest absolute Gasteiger partial charge is 0.479 e. The number of aliphatic hydroxyl groups is 1. The summed E-state index contributed by atoms with van der Waals surface area (Å²) in [6, 6.07) is 0. The Morgan fingerprint density at radius 1 is 1.50 bits per heavy atom. The van der Waals surface area contributed by atoms with Crippen LogP contribution in [0.5, 0.6) is 0 Å². The molecule has 0 heterocycles. The molecule has 0 saturated heterocycles. The number of hydrogen-bond acceptors (Lipinski definition) is 3. The number of aliphatic hydroxyl groups excluding tert-OH is 1. The van der Waals surface area contributed by atoms with E-state index in [1.807, 2.05) is 0 Å². The molecule has 4 heteroatoms. The molecular weight excluding hydrogens is 176 g/mol. The molecule has 2 N–H and O–H groups in total. The minimum atomic E-state index is -1.20. The van der Waals surface area contributed by atoms with Crippen molar-refractivity contribution in [1.82, 2.24) is 0 Å². The highest BCUT2D eigenvalue weighted by molar-refractivity contribution is 7.99. The van der Waals surface area contributed by atoms with E-state index in [1.54, 1.807) is 0 Å². The van der Waals surface area contributed by atoms with Gasteiger partial charge in [0, 0.05) is 5.75 Å². The van der Waals surface area contributed by atoms with Gasteiger partial charge in [-0.3, -0.25) is 0 Å². The van der Waals surface area contributed by atoms with Gasteiger partial charge in [0.2, 0.25) is 0 Å². The number of hydrogen-bond donors (Lipinski definition) is 2. The lowest BCUT2D eigenvalue weighted by molar-refractivity contribution is -0.145. The van der Waals surface area contributed by atoms with Crippen LogP contribution in [0, 0.1) is 0 Å². The van der Waals surface area contributed by atoms with Crippen molar-refractivity contribution in [1.29, 1.82) is 0 Å². The van der Waals surface area contributed by atoms with E-state index >= 15 is 0 Å². The molecular formula is C8H16O3S. The number of thioether (sulfide) groups is 1. The quantitative estimate of drug-likeness (QED) is 0.598. The van der Waals surface area contributed by atoms with Crippen molar-refractivity contribution in [2.45, 2.75) is 32.3 Å². The molecule has 0 aliphatic carbocycles. The Morgan fingerprint density at radius 2 is 2.17 bits per heavy atom. The molecule has 12 heavy (non-hydrogen) atoms. The Hall–Kier alpha value is -0.220. The van der Waals surface area contributed by atoms with Crippen molar-refractivity contribution < 1.29 is 15.0 Å². The molecule has 0 aromatic heterocycles. The summed E-state index contributed by atoms with van der Waals surface area (Å²) >= 11 is 1.50. The van der Waals surface area contributed by atoms with Gasteiger partial charge in [-0.2, -0.15) is 11.8 Å². The van der Waals surface area contributed by atoms with Crippen LogP contribution in [0.2, 0.25) is 0 Å². The normalized spacial score (nSPS) is 12.8. The van der Waals surface area contributed by atoms with Gasteiger partial charge in [-0.05, 0) is 12.2 Å². The van der Waals surface area contributed by atoms with E-state index < -0.39 is 12.1 Å². The Balaban J connectivity index is 3.14. The highest BCUT2D eigenvalue weighted by atomic mass is 32.2. The van der Waals surface area contributed by atoms with Crippen LogP contribution in [0.3, 0.4) is 0 Å². The van der Waals surface area contributed by atoms with Crippen LogP contribution in [0.1, 0.15) is 26.2 Å². The van der Waals surface area contributed by atoms with Gasteiger partial charge in [-0.25, -0.2) is 4.79 Å². The first kappa shape index (κ1) is 11.8. The maximum absolute atomic E-state index is 10.2. The van der Waals surface area contributed by atoms with Gasteiger partial charge in [0.1, 0.15) is 0 Å². The molecule has 0 aliphatic heterocycles. The second-order valence-corrected chi connectivity index (χ2v) is 3.79. The number of carboxylic acids is 1. The van der Waals surface area contributed by atoms with Gasteiger partial charge in [-0.1, -0.05) is 19.8 Å². The zero-order valence-corrected chi connectivity index (χ0v) is 8.14. The lowest BCUT2D eigenvalue weighted by Crippen LogP contribution is -2.22. The maximum atomic E-state index is 10.2. The summed E-state index contributed by atoms with van der Waals surface area (Å²) in [5.41, 5.74) is 0. The summed E-state index contributed by atoms with van der Waals surface area (Å²) in [6.07, 6.45) is 2.25. The van der Waals surface area contributed by atoms with Crippen LogP contribution >= 0.6 is 11.8 Å². The van der Waals surface area contributed by atoms with Crippen molar-refractivity contribution in [3.8, 4) is 0 Å². The number of carboxylic acid groups (broad SMARTS) is 1. The molecule has 1 atom stereocenters. The molecule has 72 valence electrons.